The minimum atomic E-state index is -3.45. The topological polar surface area (TPSA) is 34.1 Å². The Morgan fingerprint density at radius 1 is 1.53 bits per heavy atom. The van der Waals surface area contributed by atoms with E-state index in [0.717, 1.165) is 6.26 Å². The van der Waals surface area contributed by atoms with Crippen molar-refractivity contribution >= 4 is 33.0 Å². The molecule has 6 heteroatoms. The monoisotopic (exact) mass is 269 g/mol. The molecule has 0 spiro atoms. The highest BCUT2D eigenvalue weighted by Crippen LogP contribution is 2.27. The summed E-state index contributed by atoms with van der Waals surface area (Å²) in [5.74, 6) is 0. The lowest BCUT2D eigenvalue weighted by Gasteiger charge is -2.07. The smallest absolute Gasteiger partial charge is 0.175 e. The Morgan fingerprint density at radius 2 is 2.13 bits per heavy atom. The van der Waals surface area contributed by atoms with Crippen molar-refractivity contribution in [1.29, 1.82) is 0 Å². The van der Waals surface area contributed by atoms with Crippen LogP contribution in [0.2, 0.25) is 0 Å². The van der Waals surface area contributed by atoms with Crippen LogP contribution in [-0.4, -0.2) is 14.7 Å². The van der Waals surface area contributed by atoms with Crippen LogP contribution in [-0.2, 0) is 16.5 Å². The van der Waals surface area contributed by atoms with Gasteiger partial charge in [0, 0.05) is 11.8 Å². The molecule has 2 nitrogen and oxygen atoms in total. The first-order valence-electron chi connectivity index (χ1n) is 3.95. The van der Waals surface area contributed by atoms with Gasteiger partial charge >= 0.3 is 0 Å². The van der Waals surface area contributed by atoms with Gasteiger partial charge in [-0.15, -0.1) is 23.2 Å². The molecule has 83 valence electrons. The lowest BCUT2D eigenvalue weighted by molar-refractivity contribution is 0.477. The van der Waals surface area contributed by atoms with Crippen LogP contribution in [0.1, 0.15) is 16.0 Å². The van der Waals surface area contributed by atoms with Gasteiger partial charge in [0.1, 0.15) is 11.5 Å². The molecule has 15 heavy (non-hydrogen) atoms. The largest absolute Gasteiger partial charge is 0.246 e. The minimum Gasteiger partial charge on any atom is -0.246 e. The number of benzene rings is 1. The van der Waals surface area contributed by atoms with E-state index in [0.29, 0.717) is 5.56 Å². The maximum absolute atomic E-state index is 12.6. The molecule has 0 saturated carbocycles. The highest BCUT2D eigenvalue weighted by atomic mass is 35.5. The summed E-state index contributed by atoms with van der Waals surface area (Å²) in [7, 11) is -3.45. The minimum absolute atomic E-state index is 0.0533. The first-order chi connectivity index (χ1) is 6.86. The fourth-order valence-corrected chi connectivity index (χ4v) is 2.23. The van der Waals surface area contributed by atoms with Crippen molar-refractivity contribution in [2.45, 2.75) is 16.4 Å². The highest BCUT2D eigenvalue weighted by molar-refractivity contribution is 7.90. The maximum atomic E-state index is 12.6. The Kier molecular flexibility index (Phi) is 3.98. The lowest BCUT2D eigenvalue weighted by Crippen LogP contribution is -2.02. The molecule has 1 rings (SSSR count). The van der Waals surface area contributed by atoms with Gasteiger partial charge in [0.25, 0.3) is 0 Å². The maximum Gasteiger partial charge on any atom is 0.175 e. The summed E-state index contributed by atoms with van der Waals surface area (Å²) < 4.78 is 35.1. The van der Waals surface area contributed by atoms with Gasteiger partial charge < -0.3 is 0 Å². The number of sulfone groups is 1. The summed E-state index contributed by atoms with van der Waals surface area (Å²) in [6.45, 7) is -0.884. The molecule has 0 atom stereocenters. The molecule has 0 unspecified atom stereocenters. The first kappa shape index (κ1) is 12.7. The Labute approximate surface area is 97.9 Å². The number of hydrogen-bond donors (Lipinski definition) is 0. The van der Waals surface area contributed by atoms with E-state index in [4.69, 9.17) is 23.2 Å². The van der Waals surface area contributed by atoms with E-state index < -0.39 is 21.3 Å². The van der Waals surface area contributed by atoms with Crippen molar-refractivity contribution < 1.29 is 12.8 Å². The van der Waals surface area contributed by atoms with Crippen molar-refractivity contribution in [3.05, 3.63) is 29.3 Å². The Bertz CT molecular complexity index is 457. The summed E-state index contributed by atoms with van der Waals surface area (Å²) in [5.41, 5.74) is 0.413. The van der Waals surface area contributed by atoms with Gasteiger partial charge in [-0.25, -0.2) is 12.8 Å². The molecular formula is C9H8Cl2FO2S. The van der Waals surface area contributed by atoms with Crippen LogP contribution in [0.25, 0.3) is 0 Å². The third-order valence-electron chi connectivity index (χ3n) is 1.79. The van der Waals surface area contributed by atoms with Gasteiger partial charge in [-0.3, -0.25) is 0 Å². The molecule has 0 aliphatic carbocycles. The second-order valence-corrected chi connectivity index (χ2v) is 6.06. The van der Waals surface area contributed by atoms with Crippen LogP contribution in [0.15, 0.2) is 17.0 Å². The predicted octanol–water partition coefficient (Wildman–Crippen LogP) is 2.84. The van der Waals surface area contributed by atoms with Crippen molar-refractivity contribution in [1.82, 2.24) is 0 Å². The van der Waals surface area contributed by atoms with Gasteiger partial charge in [-0.2, -0.15) is 0 Å². The van der Waals surface area contributed by atoms with Gasteiger partial charge in [0.15, 0.2) is 9.84 Å². The van der Waals surface area contributed by atoms with Crippen LogP contribution in [0.5, 0.6) is 0 Å². The fourth-order valence-electron chi connectivity index (χ4n) is 1.12. The average Bonchev–Trinajstić information content (AvgIpc) is 2.15. The molecule has 0 fully saturated rings. The van der Waals surface area contributed by atoms with Crippen molar-refractivity contribution in [3.8, 4) is 0 Å². The Morgan fingerprint density at radius 3 is 2.53 bits per heavy atom. The zero-order valence-electron chi connectivity index (χ0n) is 7.80. The summed E-state index contributed by atoms with van der Waals surface area (Å²) in [4.78, 5) is -0.924. The van der Waals surface area contributed by atoms with E-state index in [2.05, 4.69) is 6.07 Å². The Hall–Kier alpha value is -0.320. The van der Waals surface area contributed by atoms with E-state index >= 15 is 0 Å². The van der Waals surface area contributed by atoms with Crippen LogP contribution >= 0.6 is 23.2 Å². The van der Waals surface area contributed by atoms with E-state index in [-0.39, 0.29) is 10.5 Å². The normalized spacial score (nSPS) is 12.1. The number of alkyl halides is 3. The van der Waals surface area contributed by atoms with Crippen molar-refractivity contribution in [2.75, 3.05) is 6.26 Å². The second-order valence-electron chi connectivity index (χ2n) is 2.98. The zero-order chi connectivity index (χ0) is 11.6. The third-order valence-corrected chi connectivity index (χ3v) is 3.44. The SMILES string of the molecule is CS(=O)(=O)c1c[c]c(C(Cl)Cl)cc1CF. The lowest BCUT2D eigenvalue weighted by atomic mass is 10.1. The third kappa shape index (κ3) is 3.06. The summed E-state index contributed by atoms with van der Waals surface area (Å²) >= 11 is 11.1. The molecule has 1 aromatic rings. The van der Waals surface area contributed by atoms with Crippen LogP contribution < -0.4 is 0 Å². The standard InChI is InChI=1S/C9H8Cl2FO2S/c1-15(13,14)8-3-2-6(9(10)11)4-7(8)5-12/h3-4,9H,5H2,1H3. The second kappa shape index (κ2) is 4.68. The zero-order valence-corrected chi connectivity index (χ0v) is 10.1. The number of halogens is 3. The molecule has 0 bridgehead atoms. The molecule has 1 aromatic carbocycles. The molecule has 0 aliphatic heterocycles. The highest BCUT2D eigenvalue weighted by Gasteiger charge is 2.15. The molecule has 0 aromatic heterocycles. The fraction of sp³-hybridized carbons (Fsp3) is 0.333. The van der Waals surface area contributed by atoms with E-state index in [1.165, 1.54) is 12.1 Å². The quantitative estimate of drug-likeness (QED) is 0.791. The summed E-state index contributed by atoms with van der Waals surface area (Å²) in [6.07, 6.45) is 1.01. The molecule has 0 amide bonds. The molecule has 0 heterocycles. The van der Waals surface area contributed by atoms with Gasteiger partial charge in [0.2, 0.25) is 0 Å². The molecule has 0 aliphatic rings. The summed E-state index contributed by atoms with van der Waals surface area (Å²) in [6, 6.07) is 5.11. The van der Waals surface area contributed by atoms with E-state index in [9.17, 15) is 12.8 Å². The Balaban J connectivity index is 3.34. The molecule has 1 radical (unpaired) electrons. The van der Waals surface area contributed by atoms with E-state index in [1.54, 1.807) is 0 Å². The first-order valence-corrected chi connectivity index (χ1v) is 6.71. The van der Waals surface area contributed by atoms with Gasteiger partial charge in [0.05, 0.1) is 4.90 Å². The number of rotatable bonds is 3. The van der Waals surface area contributed by atoms with Gasteiger partial charge in [-0.1, -0.05) is 0 Å². The van der Waals surface area contributed by atoms with Crippen LogP contribution in [0, 0.1) is 6.07 Å². The molecule has 0 saturated heterocycles. The molecule has 0 N–H and O–H groups in total. The van der Waals surface area contributed by atoms with Crippen molar-refractivity contribution in [2.24, 2.45) is 0 Å². The van der Waals surface area contributed by atoms with Crippen LogP contribution in [0.3, 0.4) is 0 Å². The predicted molar refractivity (Wildman–Crippen MR) is 57.6 cm³/mol. The average molecular weight is 270 g/mol. The molecular weight excluding hydrogens is 262 g/mol. The number of hydrogen-bond acceptors (Lipinski definition) is 2. The van der Waals surface area contributed by atoms with Crippen LogP contribution in [0.4, 0.5) is 4.39 Å². The summed E-state index contributed by atoms with van der Waals surface area (Å²) in [5, 5.41) is 0. The van der Waals surface area contributed by atoms with Crippen molar-refractivity contribution in [3.63, 3.8) is 0 Å². The van der Waals surface area contributed by atoms with E-state index in [1.807, 2.05) is 0 Å². The van der Waals surface area contributed by atoms with Gasteiger partial charge in [-0.05, 0) is 23.8 Å².